The lowest BCUT2D eigenvalue weighted by Gasteiger charge is -2.30. The Kier molecular flexibility index (Phi) is 4.77. The highest BCUT2D eigenvalue weighted by Crippen LogP contribution is 2.35. The summed E-state index contributed by atoms with van der Waals surface area (Å²) in [5.74, 6) is 1.33. The highest BCUT2D eigenvalue weighted by molar-refractivity contribution is 5.46. The molecule has 0 saturated heterocycles. The minimum absolute atomic E-state index is 0.401. The van der Waals surface area contributed by atoms with E-state index in [2.05, 4.69) is 32.9 Å². The number of rotatable bonds is 5. The van der Waals surface area contributed by atoms with E-state index in [1.807, 2.05) is 6.92 Å². The molecule has 102 valence electrons. The SMILES string of the molecule is COc1cc(C)c(C(C)(CN)OC)cc1C(C)C. The summed E-state index contributed by atoms with van der Waals surface area (Å²) in [6.45, 7) is 8.85. The lowest BCUT2D eigenvalue weighted by molar-refractivity contribution is 0.00946. The third kappa shape index (κ3) is 2.68. The number of benzene rings is 1. The van der Waals surface area contributed by atoms with Gasteiger partial charge in [-0.2, -0.15) is 0 Å². The van der Waals surface area contributed by atoms with Crippen LogP contribution in [0.2, 0.25) is 0 Å². The van der Waals surface area contributed by atoms with Crippen molar-refractivity contribution in [1.29, 1.82) is 0 Å². The molecule has 1 unspecified atom stereocenters. The maximum Gasteiger partial charge on any atom is 0.122 e. The van der Waals surface area contributed by atoms with Crippen molar-refractivity contribution >= 4 is 0 Å². The molecule has 3 heteroatoms. The summed E-state index contributed by atoms with van der Waals surface area (Å²) in [6.07, 6.45) is 0. The number of ether oxygens (including phenoxy) is 2. The first-order chi connectivity index (χ1) is 8.39. The molecule has 2 N–H and O–H groups in total. The first kappa shape index (κ1) is 15.0. The molecule has 0 aliphatic rings. The first-order valence-corrected chi connectivity index (χ1v) is 6.33. The fourth-order valence-electron chi connectivity index (χ4n) is 2.20. The van der Waals surface area contributed by atoms with Gasteiger partial charge in [-0.05, 0) is 48.6 Å². The van der Waals surface area contributed by atoms with E-state index in [4.69, 9.17) is 15.2 Å². The van der Waals surface area contributed by atoms with Crippen molar-refractivity contribution in [2.45, 2.75) is 39.2 Å². The summed E-state index contributed by atoms with van der Waals surface area (Å²) in [7, 11) is 3.41. The smallest absolute Gasteiger partial charge is 0.122 e. The van der Waals surface area contributed by atoms with Gasteiger partial charge in [0.2, 0.25) is 0 Å². The van der Waals surface area contributed by atoms with Gasteiger partial charge >= 0.3 is 0 Å². The fraction of sp³-hybridized carbons (Fsp3) is 0.600. The number of methoxy groups -OCH3 is 2. The molecule has 0 heterocycles. The van der Waals surface area contributed by atoms with Crippen LogP contribution in [0.1, 0.15) is 43.4 Å². The van der Waals surface area contributed by atoms with Gasteiger partial charge < -0.3 is 15.2 Å². The molecule has 0 bridgehead atoms. The van der Waals surface area contributed by atoms with E-state index >= 15 is 0 Å². The average Bonchev–Trinajstić information content (AvgIpc) is 2.36. The molecule has 1 aromatic rings. The summed E-state index contributed by atoms with van der Waals surface area (Å²) in [5.41, 5.74) is 8.88. The quantitative estimate of drug-likeness (QED) is 0.875. The topological polar surface area (TPSA) is 44.5 Å². The molecule has 1 atom stereocenters. The number of aryl methyl sites for hydroxylation is 1. The van der Waals surface area contributed by atoms with E-state index in [1.165, 1.54) is 5.56 Å². The first-order valence-electron chi connectivity index (χ1n) is 6.33. The molecular weight excluding hydrogens is 226 g/mol. The molecule has 0 saturated carbocycles. The van der Waals surface area contributed by atoms with Gasteiger partial charge in [-0.3, -0.25) is 0 Å². The van der Waals surface area contributed by atoms with Gasteiger partial charge in [0.25, 0.3) is 0 Å². The Labute approximate surface area is 110 Å². The summed E-state index contributed by atoms with van der Waals surface area (Å²) >= 11 is 0. The third-order valence-electron chi connectivity index (χ3n) is 3.61. The zero-order valence-corrected chi connectivity index (χ0v) is 12.3. The van der Waals surface area contributed by atoms with Crippen molar-refractivity contribution in [2.24, 2.45) is 5.73 Å². The highest BCUT2D eigenvalue weighted by Gasteiger charge is 2.27. The Morgan fingerprint density at radius 2 is 1.89 bits per heavy atom. The van der Waals surface area contributed by atoms with Crippen molar-refractivity contribution < 1.29 is 9.47 Å². The molecular formula is C15H25NO2. The molecule has 0 radical (unpaired) electrons. The zero-order chi connectivity index (χ0) is 13.9. The Hall–Kier alpha value is -1.06. The van der Waals surface area contributed by atoms with E-state index in [1.54, 1.807) is 14.2 Å². The van der Waals surface area contributed by atoms with Gasteiger partial charge in [-0.1, -0.05) is 13.8 Å². The Morgan fingerprint density at radius 3 is 2.28 bits per heavy atom. The van der Waals surface area contributed by atoms with Gasteiger partial charge in [0.1, 0.15) is 11.4 Å². The molecule has 0 aliphatic heterocycles. The van der Waals surface area contributed by atoms with Crippen molar-refractivity contribution in [3.63, 3.8) is 0 Å². The van der Waals surface area contributed by atoms with Gasteiger partial charge in [0, 0.05) is 13.7 Å². The Bertz CT molecular complexity index is 409. The predicted octanol–water partition coefficient (Wildman–Crippen LogP) is 2.95. The van der Waals surface area contributed by atoms with E-state index in [-0.39, 0.29) is 0 Å². The van der Waals surface area contributed by atoms with Gasteiger partial charge in [-0.25, -0.2) is 0 Å². The molecule has 3 nitrogen and oxygen atoms in total. The van der Waals surface area contributed by atoms with Crippen LogP contribution in [0.25, 0.3) is 0 Å². The minimum atomic E-state index is -0.444. The maximum absolute atomic E-state index is 5.86. The molecule has 1 rings (SSSR count). The van der Waals surface area contributed by atoms with Crippen molar-refractivity contribution in [1.82, 2.24) is 0 Å². The van der Waals surface area contributed by atoms with Crippen molar-refractivity contribution in [2.75, 3.05) is 20.8 Å². The van der Waals surface area contributed by atoms with Crippen LogP contribution in [0.4, 0.5) is 0 Å². The Balaban J connectivity index is 3.42. The fourth-order valence-corrected chi connectivity index (χ4v) is 2.20. The van der Waals surface area contributed by atoms with E-state index in [0.29, 0.717) is 12.5 Å². The predicted molar refractivity (Wildman–Crippen MR) is 75.2 cm³/mol. The molecule has 1 aromatic carbocycles. The standard InChI is InChI=1S/C15H25NO2/c1-10(2)12-8-13(15(4,9-16)18-6)11(3)7-14(12)17-5/h7-8,10H,9,16H2,1-6H3. The zero-order valence-electron chi connectivity index (χ0n) is 12.3. The molecule has 0 amide bonds. The van der Waals surface area contributed by atoms with Gasteiger partial charge in [-0.15, -0.1) is 0 Å². The monoisotopic (exact) mass is 251 g/mol. The number of hydrogen-bond acceptors (Lipinski definition) is 3. The summed E-state index contributed by atoms with van der Waals surface area (Å²) in [6, 6.07) is 4.23. The largest absolute Gasteiger partial charge is 0.496 e. The second-order valence-electron chi connectivity index (χ2n) is 5.20. The lowest BCUT2D eigenvalue weighted by atomic mass is 9.87. The van der Waals surface area contributed by atoms with Crippen LogP contribution in [0, 0.1) is 6.92 Å². The van der Waals surface area contributed by atoms with Crippen molar-refractivity contribution in [3.8, 4) is 5.75 Å². The van der Waals surface area contributed by atoms with Crippen molar-refractivity contribution in [3.05, 3.63) is 28.8 Å². The summed E-state index contributed by atoms with van der Waals surface area (Å²) in [5, 5.41) is 0. The van der Waals surface area contributed by atoms with Crippen LogP contribution in [-0.4, -0.2) is 20.8 Å². The molecule has 0 spiro atoms. The van der Waals surface area contributed by atoms with E-state index in [0.717, 1.165) is 16.9 Å². The average molecular weight is 251 g/mol. The van der Waals surface area contributed by atoms with Crippen LogP contribution >= 0.6 is 0 Å². The van der Waals surface area contributed by atoms with Crippen LogP contribution in [0.5, 0.6) is 5.75 Å². The van der Waals surface area contributed by atoms with E-state index in [9.17, 15) is 0 Å². The third-order valence-corrected chi connectivity index (χ3v) is 3.61. The summed E-state index contributed by atoms with van der Waals surface area (Å²) in [4.78, 5) is 0. The number of nitrogens with two attached hydrogens (primary N) is 1. The maximum atomic E-state index is 5.86. The van der Waals surface area contributed by atoms with Crippen LogP contribution in [-0.2, 0) is 10.3 Å². The lowest BCUT2D eigenvalue weighted by Crippen LogP contribution is -2.34. The highest BCUT2D eigenvalue weighted by atomic mass is 16.5. The number of hydrogen-bond donors (Lipinski definition) is 1. The van der Waals surface area contributed by atoms with Gasteiger partial charge in [0.05, 0.1) is 7.11 Å². The summed E-state index contributed by atoms with van der Waals surface area (Å²) < 4.78 is 11.0. The molecule has 18 heavy (non-hydrogen) atoms. The molecule has 0 aliphatic carbocycles. The molecule has 0 fully saturated rings. The molecule has 0 aromatic heterocycles. The van der Waals surface area contributed by atoms with Crippen LogP contribution < -0.4 is 10.5 Å². The second-order valence-corrected chi connectivity index (χ2v) is 5.20. The normalized spacial score (nSPS) is 14.7. The minimum Gasteiger partial charge on any atom is -0.496 e. The van der Waals surface area contributed by atoms with Gasteiger partial charge in [0.15, 0.2) is 0 Å². The van der Waals surface area contributed by atoms with Crippen LogP contribution in [0.15, 0.2) is 12.1 Å². The second kappa shape index (κ2) is 5.72. The van der Waals surface area contributed by atoms with E-state index < -0.39 is 5.60 Å². The Morgan fingerprint density at radius 1 is 1.28 bits per heavy atom. The van der Waals surface area contributed by atoms with Crippen LogP contribution in [0.3, 0.4) is 0 Å².